The molecule has 0 radical (unpaired) electrons. The summed E-state index contributed by atoms with van der Waals surface area (Å²) in [5, 5.41) is 3.20. The van der Waals surface area contributed by atoms with Crippen LogP contribution in [-0.2, 0) is 9.53 Å². The lowest BCUT2D eigenvalue weighted by molar-refractivity contribution is -0.118. The number of amides is 1. The molecule has 36 heavy (non-hydrogen) atoms. The summed E-state index contributed by atoms with van der Waals surface area (Å²) in [4.78, 5) is 44.0. The Morgan fingerprint density at radius 2 is 1.78 bits per heavy atom. The van der Waals surface area contributed by atoms with Crippen LogP contribution in [-0.4, -0.2) is 34.6 Å². The van der Waals surface area contributed by atoms with Crippen LogP contribution in [0.15, 0.2) is 59.7 Å². The molecular formula is C27H27N3O5S. The van der Waals surface area contributed by atoms with Crippen molar-refractivity contribution in [1.82, 2.24) is 9.55 Å². The minimum atomic E-state index is -0.806. The van der Waals surface area contributed by atoms with Gasteiger partial charge in [0.15, 0.2) is 0 Å². The van der Waals surface area contributed by atoms with E-state index in [-0.39, 0.29) is 24.7 Å². The molecule has 2 heterocycles. The lowest BCUT2D eigenvalue weighted by Crippen LogP contribution is -2.32. The maximum Gasteiger partial charge on any atom is 0.348 e. The van der Waals surface area contributed by atoms with E-state index in [1.165, 1.54) is 10.9 Å². The van der Waals surface area contributed by atoms with Gasteiger partial charge in [0.05, 0.1) is 11.7 Å². The Hall–Kier alpha value is -3.98. The van der Waals surface area contributed by atoms with E-state index in [0.717, 1.165) is 22.5 Å². The number of aromatic nitrogens is 2. The lowest BCUT2D eigenvalue weighted by atomic mass is 10.1. The van der Waals surface area contributed by atoms with Crippen molar-refractivity contribution < 1.29 is 19.1 Å². The van der Waals surface area contributed by atoms with Crippen molar-refractivity contribution in [1.29, 1.82) is 0 Å². The summed E-state index contributed by atoms with van der Waals surface area (Å²) >= 11 is 1.10. The van der Waals surface area contributed by atoms with Gasteiger partial charge in [-0.3, -0.25) is 14.2 Å². The topological polar surface area (TPSA) is 99.5 Å². The van der Waals surface area contributed by atoms with Gasteiger partial charge in [0.2, 0.25) is 5.91 Å². The van der Waals surface area contributed by atoms with Crippen LogP contribution < -0.4 is 15.6 Å². The number of rotatable bonds is 8. The largest absolute Gasteiger partial charge is 0.490 e. The predicted octanol–water partition coefficient (Wildman–Crippen LogP) is 4.82. The Morgan fingerprint density at radius 3 is 2.53 bits per heavy atom. The molecule has 1 N–H and O–H groups in total. The van der Waals surface area contributed by atoms with Crippen LogP contribution in [0.2, 0.25) is 0 Å². The zero-order valence-corrected chi connectivity index (χ0v) is 21.3. The molecule has 0 bridgehead atoms. The number of para-hydroxylation sites is 1. The number of esters is 1. The molecule has 0 saturated carbocycles. The van der Waals surface area contributed by atoms with Gasteiger partial charge in [-0.2, -0.15) is 0 Å². The third-order valence-corrected chi connectivity index (χ3v) is 7.23. The smallest absolute Gasteiger partial charge is 0.348 e. The van der Waals surface area contributed by atoms with E-state index in [0.29, 0.717) is 32.1 Å². The molecular weight excluding hydrogens is 478 g/mol. The first-order chi connectivity index (χ1) is 17.3. The molecule has 0 aliphatic rings. The van der Waals surface area contributed by atoms with Crippen LogP contribution in [0.4, 0.5) is 5.69 Å². The molecule has 8 nitrogen and oxygen atoms in total. The highest BCUT2D eigenvalue weighted by molar-refractivity contribution is 7.20. The minimum absolute atomic E-state index is 0.0641. The van der Waals surface area contributed by atoms with E-state index in [9.17, 15) is 14.4 Å². The Morgan fingerprint density at radius 1 is 1.03 bits per heavy atom. The number of nitrogens with one attached hydrogen (secondary N) is 1. The van der Waals surface area contributed by atoms with Crippen LogP contribution in [0.1, 0.15) is 39.3 Å². The fourth-order valence-corrected chi connectivity index (χ4v) is 4.77. The van der Waals surface area contributed by atoms with Crippen molar-refractivity contribution >= 4 is 39.1 Å². The number of ether oxygens (including phenoxy) is 2. The first kappa shape index (κ1) is 25.1. The Kier molecular flexibility index (Phi) is 7.49. The number of thiophene rings is 1. The van der Waals surface area contributed by atoms with E-state index < -0.39 is 12.0 Å². The van der Waals surface area contributed by atoms with Crippen LogP contribution in [0.5, 0.6) is 5.75 Å². The van der Waals surface area contributed by atoms with Gasteiger partial charge in [-0.1, -0.05) is 30.3 Å². The SMILES string of the molecule is Cc1cccc(NC(=O)C(C)n2cnc3sc(C(=O)OCCOc4ccccc4)c(C)c3c2=O)c1C. The standard InChI is InChI=1S/C27H27N3O5S/c1-16-9-8-12-21(17(16)2)29-24(31)19(4)30-15-28-25-22(26(30)32)18(3)23(36-25)27(33)35-14-13-34-20-10-6-5-7-11-20/h5-12,15,19H,13-14H2,1-4H3,(H,29,31). The zero-order chi connectivity index (χ0) is 25.8. The van der Waals surface area contributed by atoms with Gasteiger partial charge in [-0.25, -0.2) is 9.78 Å². The van der Waals surface area contributed by atoms with Crippen LogP contribution in [0.25, 0.3) is 10.2 Å². The number of carbonyl (C=O) groups is 2. The van der Waals surface area contributed by atoms with E-state index in [1.54, 1.807) is 13.8 Å². The molecule has 4 rings (SSSR count). The van der Waals surface area contributed by atoms with Gasteiger partial charge in [0.1, 0.15) is 34.7 Å². The molecule has 1 unspecified atom stereocenters. The van der Waals surface area contributed by atoms with Gasteiger partial charge in [0, 0.05) is 5.69 Å². The van der Waals surface area contributed by atoms with Crippen molar-refractivity contribution in [3.05, 3.63) is 86.8 Å². The summed E-state index contributed by atoms with van der Waals surface area (Å²) in [5.74, 6) is -0.191. The highest BCUT2D eigenvalue weighted by Crippen LogP contribution is 2.28. The molecule has 2 aromatic heterocycles. The average Bonchev–Trinajstić information content (AvgIpc) is 3.22. The Bertz CT molecular complexity index is 1480. The van der Waals surface area contributed by atoms with Crippen LogP contribution >= 0.6 is 11.3 Å². The Balaban J connectivity index is 1.49. The number of benzene rings is 2. The molecule has 0 aliphatic carbocycles. The third kappa shape index (κ3) is 5.16. The van der Waals surface area contributed by atoms with Crippen molar-refractivity contribution in [2.24, 2.45) is 0 Å². The molecule has 9 heteroatoms. The molecule has 0 fully saturated rings. The quantitative estimate of drug-likeness (QED) is 0.272. The highest BCUT2D eigenvalue weighted by Gasteiger charge is 2.24. The number of fused-ring (bicyclic) bond motifs is 1. The highest BCUT2D eigenvalue weighted by atomic mass is 32.1. The van der Waals surface area contributed by atoms with Crippen molar-refractivity contribution in [3.8, 4) is 5.75 Å². The van der Waals surface area contributed by atoms with Crippen molar-refractivity contribution in [2.75, 3.05) is 18.5 Å². The van der Waals surface area contributed by atoms with Gasteiger partial charge >= 0.3 is 5.97 Å². The van der Waals surface area contributed by atoms with Gasteiger partial charge in [-0.05, 0) is 62.6 Å². The first-order valence-electron chi connectivity index (χ1n) is 11.5. The predicted molar refractivity (Wildman–Crippen MR) is 140 cm³/mol. The average molecular weight is 506 g/mol. The summed E-state index contributed by atoms with van der Waals surface area (Å²) < 4.78 is 12.2. The van der Waals surface area contributed by atoms with Crippen molar-refractivity contribution in [2.45, 2.75) is 33.7 Å². The van der Waals surface area contributed by atoms with E-state index >= 15 is 0 Å². The second-order valence-corrected chi connectivity index (χ2v) is 9.40. The number of anilines is 1. The van der Waals surface area contributed by atoms with Crippen molar-refractivity contribution in [3.63, 3.8) is 0 Å². The first-order valence-corrected chi connectivity index (χ1v) is 12.3. The summed E-state index contributed by atoms with van der Waals surface area (Å²) in [7, 11) is 0. The second-order valence-electron chi connectivity index (χ2n) is 8.40. The molecule has 4 aromatic rings. The summed E-state index contributed by atoms with van der Waals surface area (Å²) in [6.07, 6.45) is 1.34. The monoisotopic (exact) mass is 505 g/mol. The minimum Gasteiger partial charge on any atom is -0.490 e. The van der Waals surface area contributed by atoms with E-state index in [2.05, 4.69) is 10.3 Å². The number of hydrogen-bond acceptors (Lipinski definition) is 7. The summed E-state index contributed by atoms with van der Waals surface area (Å²) in [6, 6.07) is 14.1. The molecule has 0 aliphatic heterocycles. The van der Waals surface area contributed by atoms with E-state index in [4.69, 9.17) is 9.47 Å². The summed E-state index contributed by atoms with van der Waals surface area (Å²) in [5.41, 5.74) is 2.81. The molecule has 0 spiro atoms. The van der Waals surface area contributed by atoms with Crippen LogP contribution in [0.3, 0.4) is 0 Å². The zero-order valence-electron chi connectivity index (χ0n) is 20.5. The third-order valence-electron chi connectivity index (χ3n) is 6.05. The number of hydrogen-bond donors (Lipinski definition) is 1. The molecule has 1 amide bonds. The van der Waals surface area contributed by atoms with Gasteiger partial charge < -0.3 is 14.8 Å². The fraction of sp³-hybridized carbons (Fsp3) is 0.259. The number of aryl methyl sites for hydroxylation is 2. The van der Waals surface area contributed by atoms with Gasteiger partial charge in [0.25, 0.3) is 5.56 Å². The maximum atomic E-state index is 13.3. The molecule has 1 atom stereocenters. The maximum absolute atomic E-state index is 13.3. The number of carbonyl (C=O) groups excluding carboxylic acids is 2. The van der Waals surface area contributed by atoms with Crippen LogP contribution in [0, 0.1) is 20.8 Å². The fourth-order valence-electron chi connectivity index (χ4n) is 3.73. The molecule has 186 valence electrons. The molecule has 0 saturated heterocycles. The number of nitrogens with zero attached hydrogens (tertiary/aromatic N) is 2. The lowest BCUT2D eigenvalue weighted by Gasteiger charge is -2.16. The normalized spacial score (nSPS) is 11.8. The van der Waals surface area contributed by atoms with Gasteiger partial charge in [-0.15, -0.1) is 11.3 Å². The Labute approximate surface area is 212 Å². The molecule has 2 aromatic carbocycles. The summed E-state index contributed by atoms with van der Waals surface area (Å²) in [6.45, 7) is 7.49. The second kappa shape index (κ2) is 10.7. The van der Waals surface area contributed by atoms with E-state index in [1.807, 2.05) is 62.4 Å².